The van der Waals surface area contributed by atoms with Crippen LogP contribution in [0.3, 0.4) is 0 Å². The molecule has 1 unspecified atom stereocenters. The van der Waals surface area contributed by atoms with Gasteiger partial charge in [-0.25, -0.2) is 14.2 Å². The number of benzene rings is 3. The van der Waals surface area contributed by atoms with Gasteiger partial charge in [-0.2, -0.15) is 0 Å². The molecule has 256 valence electrons. The summed E-state index contributed by atoms with van der Waals surface area (Å²) in [7, 11) is 0. The van der Waals surface area contributed by atoms with Crippen LogP contribution in [-0.4, -0.2) is 72.5 Å². The van der Waals surface area contributed by atoms with Crippen LogP contribution in [0.2, 0.25) is 0 Å². The molecule has 0 spiro atoms. The zero-order chi connectivity index (χ0) is 35.3. The molecule has 2 aliphatic rings. The minimum atomic E-state index is -0.621. The third kappa shape index (κ3) is 9.23. The van der Waals surface area contributed by atoms with Crippen molar-refractivity contribution in [2.75, 3.05) is 44.3 Å². The first-order valence-corrected chi connectivity index (χ1v) is 17.0. The van der Waals surface area contributed by atoms with Crippen molar-refractivity contribution in [3.63, 3.8) is 0 Å². The Balaban J connectivity index is 1.11. The van der Waals surface area contributed by atoms with Crippen LogP contribution >= 0.6 is 0 Å². The smallest absolute Gasteiger partial charge is 0.330 e. The number of carbonyl (C=O) groups is 3. The Morgan fingerprint density at radius 1 is 0.800 bits per heavy atom. The second kappa shape index (κ2) is 17.6. The van der Waals surface area contributed by atoms with Gasteiger partial charge in [0.2, 0.25) is 0 Å². The van der Waals surface area contributed by atoms with E-state index in [1.165, 1.54) is 12.2 Å². The van der Waals surface area contributed by atoms with E-state index in [0.717, 1.165) is 22.5 Å². The van der Waals surface area contributed by atoms with Gasteiger partial charge in [-0.15, -0.1) is 0 Å². The molecule has 0 bridgehead atoms. The lowest BCUT2D eigenvalue weighted by molar-refractivity contribution is -0.524. The number of Topliss-reactive ketones (excluding diaryl/α,β-unsaturated/α-hetero) is 1. The second-order valence-corrected chi connectivity index (χ2v) is 11.9. The second-order valence-electron chi connectivity index (χ2n) is 11.9. The number of carbonyl (C=O) groups excluding carboxylic acids is 3. The van der Waals surface area contributed by atoms with Gasteiger partial charge in [-0.1, -0.05) is 84.9 Å². The van der Waals surface area contributed by atoms with E-state index in [-0.39, 0.29) is 30.7 Å². The lowest BCUT2D eigenvalue weighted by Crippen LogP contribution is -2.36. The highest BCUT2D eigenvalue weighted by Crippen LogP contribution is 2.42. The maximum Gasteiger partial charge on any atom is 0.330 e. The number of anilines is 1. The molecule has 5 rings (SSSR count). The topological polar surface area (TPSA) is 96.1 Å². The highest BCUT2D eigenvalue weighted by atomic mass is 16.5. The number of nitrogens with zero attached hydrogens (tertiary/aromatic N) is 2. The van der Waals surface area contributed by atoms with E-state index in [2.05, 4.69) is 9.48 Å². The van der Waals surface area contributed by atoms with E-state index in [1.807, 2.05) is 123 Å². The number of hydrogen-bond acceptors (Lipinski definition) is 7. The Kier molecular flexibility index (Phi) is 12.5. The fourth-order valence-corrected chi connectivity index (χ4v) is 5.95. The molecular weight excluding hydrogens is 628 g/mol. The highest BCUT2D eigenvalue weighted by Gasteiger charge is 2.44. The van der Waals surface area contributed by atoms with Crippen molar-refractivity contribution in [3.05, 3.63) is 144 Å². The minimum absolute atomic E-state index is 0.0936. The first-order chi connectivity index (χ1) is 24.4. The number of ether oxygens (including phenoxy) is 2. The molecule has 1 N–H and O–H groups in total. The predicted molar refractivity (Wildman–Crippen MR) is 198 cm³/mol. The van der Waals surface area contributed by atoms with Gasteiger partial charge in [-0.3, -0.25) is 4.79 Å². The van der Waals surface area contributed by atoms with E-state index < -0.39 is 17.9 Å². The summed E-state index contributed by atoms with van der Waals surface area (Å²) in [5.41, 5.74) is 4.75. The lowest BCUT2D eigenvalue weighted by Gasteiger charge is -2.32. The summed E-state index contributed by atoms with van der Waals surface area (Å²) in [6.07, 6.45) is 14.1. The van der Waals surface area contributed by atoms with E-state index in [1.54, 1.807) is 12.2 Å². The molecule has 0 amide bonds. The van der Waals surface area contributed by atoms with Crippen LogP contribution in [0.1, 0.15) is 30.5 Å². The molecule has 0 aliphatic heterocycles. The Bertz CT molecular complexity index is 1820. The number of aliphatic hydroxyl groups is 1. The van der Waals surface area contributed by atoms with Crippen molar-refractivity contribution in [2.45, 2.75) is 13.8 Å². The molecule has 3 aromatic carbocycles. The molecule has 0 saturated carbocycles. The van der Waals surface area contributed by atoms with Crippen LogP contribution in [0.5, 0.6) is 0 Å². The monoisotopic (exact) mass is 671 g/mol. The predicted octanol–water partition coefficient (Wildman–Crippen LogP) is 6.71. The summed E-state index contributed by atoms with van der Waals surface area (Å²) in [4.78, 5) is 39.7. The van der Waals surface area contributed by atoms with Gasteiger partial charge in [0, 0.05) is 42.5 Å². The number of likely N-dealkylation sites (N-methyl/N-ethyl adjacent to an activating group) is 2. The quantitative estimate of drug-likeness (QED) is 0.109. The van der Waals surface area contributed by atoms with Crippen LogP contribution < -0.4 is 4.90 Å². The van der Waals surface area contributed by atoms with Gasteiger partial charge in [0.25, 0.3) is 0 Å². The van der Waals surface area contributed by atoms with E-state index in [4.69, 9.17) is 9.47 Å². The van der Waals surface area contributed by atoms with E-state index >= 15 is 0 Å². The first kappa shape index (κ1) is 35.5. The molecule has 8 nitrogen and oxygen atoms in total. The number of esters is 2. The van der Waals surface area contributed by atoms with Crippen molar-refractivity contribution in [1.29, 1.82) is 0 Å². The summed E-state index contributed by atoms with van der Waals surface area (Å²) in [6, 6.07) is 26.6. The zero-order valence-corrected chi connectivity index (χ0v) is 28.5. The molecule has 0 heterocycles. The van der Waals surface area contributed by atoms with Crippen LogP contribution in [0.15, 0.2) is 127 Å². The standard InChI is InChI=1S/C42H42N2O6/c1-3-43(27-29-49-37(45)25-15-31-11-7-5-8-12-31)35-21-17-33(18-22-35)39-41(47)40(42(39)48)34-19-23-36(24-20-34)44(4-2)28-30-50-38(46)26-16-32-13-9-6-10-14-32/h5-26,33,39H,3-4,27-30H2,1-2H3/p+1/b25-15+,26-16+,43-35?. The van der Waals surface area contributed by atoms with Gasteiger partial charge >= 0.3 is 11.9 Å². The molecule has 0 saturated heterocycles. The third-order valence-corrected chi connectivity index (χ3v) is 8.73. The van der Waals surface area contributed by atoms with E-state index in [9.17, 15) is 19.5 Å². The Hall–Kier alpha value is -5.76. The summed E-state index contributed by atoms with van der Waals surface area (Å²) in [5, 5.41) is 11.0. The highest BCUT2D eigenvalue weighted by molar-refractivity contribution is 6.30. The maximum atomic E-state index is 13.3. The molecule has 1 atom stereocenters. The minimum Gasteiger partial charge on any atom is -0.511 e. The summed E-state index contributed by atoms with van der Waals surface area (Å²) in [5.74, 6) is -1.67. The summed E-state index contributed by atoms with van der Waals surface area (Å²) in [6.45, 7) is 6.98. The number of ketones is 1. The largest absolute Gasteiger partial charge is 0.511 e. The number of hydrogen-bond donors (Lipinski definition) is 1. The summed E-state index contributed by atoms with van der Waals surface area (Å²) >= 11 is 0. The fraction of sp³-hybridized carbons (Fsp3) is 0.238. The van der Waals surface area contributed by atoms with Crippen molar-refractivity contribution >= 4 is 46.8 Å². The average Bonchev–Trinajstić information content (AvgIpc) is 3.15. The van der Waals surface area contributed by atoms with Crippen LogP contribution in [0.4, 0.5) is 5.69 Å². The van der Waals surface area contributed by atoms with Crippen LogP contribution in [-0.2, 0) is 23.9 Å². The Morgan fingerprint density at radius 2 is 1.36 bits per heavy atom. The van der Waals surface area contributed by atoms with Crippen molar-refractivity contribution < 1.29 is 33.5 Å². The van der Waals surface area contributed by atoms with Crippen LogP contribution in [0, 0.1) is 11.8 Å². The number of rotatable bonds is 15. The Labute approximate surface area is 293 Å². The third-order valence-electron chi connectivity index (χ3n) is 8.73. The fourth-order valence-electron chi connectivity index (χ4n) is 5.95. The van der Waals surface area contributed by atoms with Crippen molar-refractivity contribution in [3.8, 4) is 0 Å². The average molecular weight is 672 g/mol. The lowest BCUT2D eigenvalue weighted by atomic mass is 9.71. The van der Waals surface area contributed by atoms with Crippen LogP contribution in [0.25, 0.3) is 17.7 Å². The Morgan fingerprint density at radius 3 is 1.88 bits per heavy atom. The van der Waals surface area contributed by atoms with Gasteiger partial charge in [0.15, 0.2) is 18.0 Å². The zero-order valence-electron chi connectivity index (χ0n) is 28.5. The van der Waals surface area contributed by atoms with Crippen molar-refractivity contribution in [2.24, 2.45) is 11.8 Å². The molecule has 0 radical (unpaired) electrons. The first-order valence-electron chi connectivity index (χ1n) is 17.0. The van der Waals surface area contributed by atoms with E-state index in [0.29, 0.717) is 37.3 Å². The molecule has 8 heteroatoms. The SMILES string of the molecule is CCN(CCOC(=O)/C=C/c1ccccc1)c1ccc(C2=C(O)C(C3C=CC(=[N+](CC)CCOC(=O)/C=C/c4ccccc4)C=C3)C2=O)cc1. The molecular formula is C42H43N2O6+. The molecule has 2 aliphatic carbocycles. The van der Waals surface area contributed by atoms with Gasteiger partial charge in [-0.05, 0) is 54.8 Å². The number of allylic oxidation sites excluding steroid dienone is 6. The van der Waals surface area contributed by atoms with Gasteiger partial charge < -0.3 is 19.5 Å². The normalized spacial score (nSPS) is 16.9. The molecule has 0 aromatic heterocycles. The molecule has 50 heavy (non-hydrogen) atoms. The maximum absolute atomic E-state index is 13.3. The van der Waals surface area contributed by atoms with Gasteiger partial charge in [0.1, 0.15) is 25.5 Å². The number of aliphatic hydroxyl groups excluding tert-OH is 1. The molecule has 0 fully saturated rings. The van der Waals surface area contributed by atoms with Crippen molar-refractivity contribution in [1.82, 2.24) is 0 Å². The van der Waals surface area contributed by atoms with Gasteiger partial charge in [0.05, 0.1) is 18.0 Å². The molecule has 3 aromatic rings. The summed E-state index contributed by atoms with van der Waals surface area (Å²) < 4.78 is 12.9.